The highest BCUT2D eigenvalue weighted by Crippen LogP contribution is 2.22. The molecule has 1 saturated heterocycles. The van der Waals surface area contributed by atoms with Gasteiger partial charge in [0.1, 0.15) is 5.65 Å². The van der Waals surface area contributed by atoms with Crippen LogP contribution in [-0.4, -0.2) is 29.3 Å². The van der Waals surface area contributed by atoms with E-state index in [1.165, 1.54) is 0 Å². The largest absolute Gasteiger partial charge is 0.399 e. The van der Waals surface area contributed by atoms with Gasteiger partial charge in [0.05, 0.1) is 17.2 Å². The Morgan fingerprint density at radius 1 is 1.50 bits per heavy atom. The first kappa shape index (κ1) is 11.5. The average Bonchev–Trinajstić information content (AvgIpc) is 2.81. The highest BCUT2D eigenvalue weighted by atomic mass is 32.2. The van der Waals surface area contributed by atoms with Gasteiger partial charge in [-0.05, 0) is 24.8 Å². The van der Waals surface area contributed by atoms with Crippen molar-refractivity contribution >= 4 is 21.2 Å². The van der Waals surface area contributed by atoms with Crippen LogP contribution in [0.5, 0.6) is 0 Å². The summed E-state index contributed by atoms with van der Waals surface area (Å²) in [5, 5.41) is 0. The van der Waals surface area contributed by atoms with Gasteiger partial charge in [0.25, 0.3) is 0 Å². The predicted octanol–water partition coefficient (Wildman–Crippen LogP) is 0.894. The zero-order valence-electron chi connectivity index (χ0n) is 9.91. The smallest absolute Gasteiger partial charge is 0.150 e. The van der Waals surface area contributed by atoms with Crippen molar-refractivity contribution in [3.8, 4) is 0 Å². The lowest BCUT2D eigenvalue weighted by Crippen LogP contribution is -2.07. The molecule has 96 valence electrons. The number of nitrogens with zero attached hydrogens (tertiary/aromatic N) is 2. The van der Waals surface area contributed by atoms with E-state index in [4.69, 9.17) is 5.73 Å². The zero-order chi connectivity index (χ0) is 12.8. The van der Waals surface area contributed by atoms with Crippen LogP contribution in [0, 0.1) is 5.92 Å². The summed E-state index contributed by atoms with van der Waals surface area (Å²) in [5.74, 6) is 0.818. The Morgan fingerprint density at radius 3 is 3.06 bits per heavy atom. The van der Waals surface area contributed by atoms with Gasteiger partial charge in [-0.3, -0.25) is 0 Å². The monoisotopic (exact) mass is 265 g/mol. The number of hydrogen-bond donors (Lipinski definition) is 1. The molecule has 18 heavy (non-hydrogen) atoms. The summed E-state index contributed by atoms with van der Waals surface area (Å²) in [6.07, 6.45) is 5.28. The van der Waals surface area contributed by atoms with Crippen LogP contribution in [0.3, 0.4) is 0 Å². The van der Waals surface area contributed by atoms with Gasteiger partial charge < -0.3 is 10.1 Å². The minimum absolute atomic E-state index is 0.206. The molecule has 0 radical (unpaired) electrons. The maximum absolute atomic E-state index is 11.4. The second kappa shape index (κ2) is 3.98. The lowest BCUT2D eigenvalue weighted by molar-refractivity contribution is 0.578. The molecule has 0 aliphatic carbocycles. The molecule has 2 N–H and O–H groups in total. The number of imidazole rings is 1. The van der Waals surface area contributed by atoms with Gasteiger partial charge in [-0.15, -0.1) is 0 Å². The van der Waals surface area contributed by atoms with Crippen LogP contribution in [0.4, 0.5) is 5.69 Å². The molecule has 0 spiro atoms. The third kappa shape index (κ3) is 2.20. The number of rotatable bonds is 2. The summed E-state index contributed by atoms with van der Waals surface area (Å²) in [7, 11) is -2.81. The molecule has 2 aromatic heterocycles. The van der Waals surface area contributed by atoms with Gasteiger partial charge in [-0.2, -0.15) is 0 Å². The van der Waals surface area contributed by atoms with Gasteiger partial charge >= 0.3 is 0 Å². The molecule has 0 saturated carbocycles. The Kier molecular flexibility index (Phi) is 2.55. The predicted molar refractivity (Wildman–Crippen MR) is 70.1 cm³/mol. The van der Waals surface area contributed by atoms with Crippen molar-refractivity contribution in [2.24, 2.45) is 5.92 Å². The summed E-state index contributed by atoms with van der Waals surface area (Å²) in [6.45, 7) is 0. The van der Waals surface area contributed by atoms with E-state index in [9.17, 15) is 8.42 Å². The Bertz CT molecular complexity index is 690. The van der Waals surface area contributed by atoms with Crippen LogP contribution in [0.1, 0.15) is 12.1 Å². The van der Waals surface area contributed by atoms with E-state index in [2.05, 4.69) is 4.98 Å². The molecule has 0 amide bonds. The third-order valence-corrected chi connectivity index (χ3v) is 5.20. The standard InChI is InChI=1S/C12H15N3O2S/c13-10-1-3-15-7-11(14-12(15)6-10)5-9-2-4-18(16,17)8-9/h1,3,6-7,9H,2,4-5,8,13H2. The Hall–Kier alpha value is -1.56. The molecule has 0 bridgehead atoms. The van der Waals surface area contributed by atoms with E-state index >= 15 is 0 Å². The summed E-state index contributed by atoms with van der Waals surface area (Å²) in [4.78, 5) is 4.47. The molecule has 0 aromatic carbocycles. The summed E-state index contributed by atoms with van der Waals surface area (Å²) < 4.78 is 24.7. The lowest BCUT2D eigenvalue weighted by Gasteiger charge is -2.02. The normalized spacial score (nSPS) is 22.6. The highest BCUT2D eigenvalue weighted by molar-refractivity contribution is 7.91. The fourth-order valence-electron chi connectivity index (χ4n) is 2.48. The van der Waals surface area contributed by atoms with E-state index < -0.39 is 9.84 Å². The minimum Gasteiger partial charge on any atom is -0.399 e. The fraction of sp³-hybridized carbons (Fsp3) is 0.417. The fourth-order valence-corrected chi connectivity index (χ4v) is 4.34. The van der Waals surface area contributed by atoms with E-state index in [-0.39, 0.29) is 5.92 Å². The topological polar surface area (TPSA) is 77.5 Å². The summed E-state index contributed by atoms with van der Waals surface area (Å²) in [6, 6.07) is 3.63. The maximum atomic E-state index is 11.4. The lowest BCUT2D eigenvalue weighted by atomic mass is 10.0. The first-order chi connectivity index (χ1) is 8.52. The van der Waals surface area contributed by atoms with Crippen LogP contribution in [0.15, 0.2) is 24.5 Å². The van der Waals surface area contributed by atoms with Gasteiger partial charge in [0.2, 0.25) is 0 Å². The second-order valence-corrected chi connectivity index (χ2v) is 7.16. The van der Waals surface area contributed by atoms with Crippen LogP contribution in [0.25, 0.3) is 5.65 Å². The van der Waals surface area contributed by atoms with Crippen molar-refractivity contribution < 1.29 is 8.42 Å². The minimum atomic E-state index is -2.81. The van der Waals surface area contributed by atoms with Crippen LogP contribution in [-0.2, 0) is 16.3 Å². The molecule has 1 fully saturated rings. The number of nitrogen functional groups attached to an aromatic ring is 1. The SMILES string of the molecule is Nc1ccn2cc(CC3CCS(=O)(=O)C3)nc2c1. The Morgan fingerprint density at radius 2 is 2.33 bits per heavy atom. The van der Waals surface area contributed by atoms with Crippen molar-refractivity contribution in [3.05, 3.63) is 30.2 Å². The number of fused-ring (bicyclic) bond motifs is 1. The molecule has 1 unspecified atom stereocenters. The molecule has 3 rings (SSSR count). The number of pyridine rings is 1. The zero-order valence-corrected chi connectivity index (χ0v) is 10.7. The van der Waals surface area contributed by atoms with E-state index in [0.717, 1.165) is 24.2 Å². The number of aromatic nitrogens is 2. The molecule has 6 heteroatoms. The van der Waals surface area contributed by atoms with Crippen LogP contribution in [0.2, 0.25) is 0 Å². The first-order valence-electron chi connectivity index (χ1n) is 5.95. The number of sulfone groups is 1. The molecule has 3 heterocycles. The van der Waals surface area contributed by atoms with Gasteiger partial charge in [0, 0.05) is 24.1 Å². The number of anilines is 1. The second-order valence-electron chi connectivity index (χ2n) is 4.93. The van der Waals surface area contributed by atoms with E-state index in [1.54, 1.807) is 0 Å². The van der Waals surface area contributed by atoms with Crippen molar-refractivity contribution in [1.29, 1.82) is 0 Å². The molecule has 1 aliphatic rings. The van der Waals surface area contributed by atoms with E-state index in [1.807, 2.05) is 28.9 Å². The third-order valence-electron chi connectivity index (χ3n) is 3.36. The quantitative estimate of drug-likeness (QED) is 0.875. The van der Waals surface area contributed by atoms with Crippen molar-refractivity contribution in [2.45, 2.75) is 12.8 Å². The molecular weight excluding hydrogens is 250 g/mol. The van der Waals surface area contributed by atoms with Gasteiger partial charge in [0.15, 0.2) is 9.84 Å². The summed E-state index contributed by atoms with van der Waals surface area (Å²) >= 11 is 0. The molecule has 5 nitrogen and oxygen atoms in total. The van der Waals surface area contributed by atoms with Gasteiger partial charge in [-0.1, -0.05) is 0 Å². The maximum Gasteiger partial charge on any atom is 0.150 e. The summed E-state index contributed by atoms with van der Waals surface area (Å²) in [5.41, 5.74) is 8.13. The molecule has 1 atom stereocenters. The van der Waals surface area contributed by atoms with Gasteiger partial charge in [-0.25, -0.2) is 13.4 Å². The van der Waals surface area contributed by atoms with Crippen LogP contribution < -0.4 is 5.73 Å². The number of hydrogen-bond acceptors (Lipinski definition) is 4. The number of nitrogens with two attached hydrogens (primary N) is 1. The van der Waals surface area contributed by atoms with Crippen molar-refractivity contribution in [1.82, 2.24) is 9.38 Å². The molecule has 2 aromatic rings. The Balaban J connectivity index is 1.83. The van der Waals surface area contributed by atoms with Crippen molar-refractivity contribution in [3.63, 3.8) is 0 Å². The Labute approximate surface area is 106 Å². The average molecular weight is 265 g/mol. The highest BCUT2D eigenvalue weighted by Gasteiger charge is 2.28. The first-order valence-corrected chi connectivity index (χ1v) is 7.77. The molecular formula is C12H15N3O2S. The van der Waals surface area contributed by atoms with Crippen molar-refractivity contribution in [2.75, 3.05) is 17.2 Å². The van der Waals surface area contributed by atoms with E-state index in [0.29, 0.717) is 17.2 Å². The molecule has 1 aliphatic heterocycles. The van der Waals surface area contributed by atoms with Crippen LogP contribution >= 0.6 is 0 Å².